The molecule has 0 atom stereocenters. The van der Waals surface area contributed by atoms with Gasteiger partial charge in [-0.3, -0.25) is 15.6 Å². The normalized spacial score (nSPS) is 19.3. The first-order valence-corrected chi connectivity index (χ1v) is 8.70. The van der Waals surface area contributed by atoms with Crippen LogP contribution in [-0.2, 0) is 4.79 Å². The summed E-state index contributed by atoms with van der Waals surface area (Å²) in [6, 6.07) is 3.79. The zero-order valence-corrected chi connectivity index (χ0v) is 14.1. The number of halogens is 1. The fraction of sp³-hybridized carbons (Fsp3) is 0.625. The first-order chi connectivity index (χ1) is 11.2. The van der Waals surface area contributed by atoms with Crippen LogP contribution in [0.15, 0.2) is 18.3 Å². The van der Waals surface area contributed by atoms with Crippen LogP contribution < -0.4 is 15.8 Å². The zero-order chi connectivity index (χ0) is 16.1. The number of pyridine rings is 1. The Labute approximate surface area is 142 Å². The lowest BCUT2D eigenvalue weighted by Gasteiger charge is -2.35. The molecule has 1 aromatic rings. The second-order valence-electron chi connectivity index (χ2n) is 6.22. The minimum atomic E-state index is 0.285. The number of hydrazine groups is 1. The number of piperazine rings is 1. The van der Waals surface area contributed by atoms with E-state index in [1.807, 2.05) is 17.0 Å². The van der Waals surface area contributed by atoms with Gasteiger partial charge in [0.25, 0.3) is 0 Å². The largest absolute Gasteiger partial charge is 0.353 e. The first kappa shape index (κ1) is 16.5. The third kappa shape index (κ3) is 4.56. The van der Waals surface area contributed by atoms with Crippen molar-refractivity contribution < 1.29 is 4.79 Å². The van der Waals surface area contributed by atoms with E-state index in [0.717, 1.165) is 57.9 Å². The number of nitrogens with zero attached hydrogens (tertiary/aromatic N) is 3. The highest BCUT2D eigenvalue weighted by atomic mass is 35.5. The SMILES string of the molecule is O=C(CCCC1CNNC1)N1CCN(c2ccc(Cl)cn2)CC1. The van der Waals surface area contributed by atoms with Gasteiger partial charge in [-0.15, -0.1) is 0 Å². The Morgan fingerprint density at radius 2 is 1.96 bits per heavy atom. The van der Waals surface area contributed by atoms with E-state index in [1.54, 1.807) is 6.20 Å². The highest BCUT2D eigenvalue weighted by molar-refractivity contribution is 6.30. The second kappa shape index (κ2) is 7.95. The molecule has 1 aromatic heterocycles. The number of hydrogen-bond acceptors (Lipinski definition) is 5. The van der Waals surface area contributed by atoms with Crippen molar-refractivity contribution >= 4 is 23.3 Å². The van der Waals surface area contributed by atoms with Crippen molar-refractivity contribution in [1.29, 1.82) is 0 Å². The van der Waals surface area contributed by atoms with Gasteiger partial charge in [0.05, 0.1) is 5.02 Å². The molecule has 2 fully saturated rings. The summed E-state index contributed by atoms with van der Waals surface area (Å²) in [5, 5.41) is 0.648. The molecule has 2 aliphatic heterocycles. The molecule has 1 amide bonds. The first-order valence-electron chi connectivity index (χ1n) is 8.32. The summed E-state index contributed by atoms with van der Waals surface area (Å²) in [6.07, 6.45) is 4.42. The van der Waals surface area contributed by atoms with Crippen LogP contribution in [0.25, 0.3) is 0 Å². The summed E-state index contributed by atoms with van der Waals surface area (Å²) < 4.78 is 0. The van der Waals surface area contributed by atoms with Crippen LogP contribution in [0.2, 0.25) is 5.02 Å². The fourth-order valence-electron chi connectivity index (χ4n) is 3.15. The van der Waals surface area contributed by atoms with E-state index >= 15 is 0 Å². The number of rotatable bonds is 5. The van der Waals surface area contributed by atoms with E-state index in [1.165, 1.54) is 0 Å². The Balaban J connectivity index is 1.39. The van der Waals surface area contributed by atoms with Crippen molar-refractivity contribution in [2.24, 2.45) is 5.92 Å². The lowest BCUT2D eigenvalue weighted by Crippen LogP contribution is -2.49. The third-order valence-corrected chi connectivity index (χ3v) is 4.80. The molecule has 23 heavy (non-hydrogen) atoms. The molecule has 0 radical (unpaired) electrons. The number of nitrogens with one attached hydrogen (secondary N) is 2. The standard InChI is InChI=1S/C16H24ClN5O/c17-14-4-5-15(18-12-14)21-6-8-22(9-7-21)16(23)3-1-2-13-10-19-20-11-13/h4-5,12-13,19-20H,1-3,6-11H2. The second-order valence-corrected chi connectivity index (χ2v) is 6.66. The predicted molar refractivity (Wildman–Crippen MR) is 91.4 cm³/mol. The number of carbonyl (C=O) groups excluding carboxylic acids is 1. The van der Waals surface area contributed by atoms with Gasteiger partial charge in [0, 0.05) is 51.9 Å². The van der Waals surface area contributed by atoms with Gasteiger partial charge in [0.1, 0.15) is 5.82 Å². The van der Waals surface area contributed by atoms with E-state index in [9.17, 15) is 4.79 Å². The maximum Gasteiger partial charge on any atom is 0.222 e. The monoisotopic (exact) mass is 337 g/mol. The van der Waals surface area contributed by atoms with E-state index in [-0.39, 0.29) is 5.91 Å². The lowest BCUT2D eigenvalue weighted by molar-refractivity contribution is -0.131. The van der Waals surface area contributed by atoms with E-state index in [2.05, 4.69) is 20.7 Å². The molecule has 3 heterocycles. The summed E-state index contributed by atoms with van der Waals surface area (Å²) in [6.45, 7) is 5.24. The molecular weight excluding hydrogens is 314 g/mol. The number of aromatic nitrogens is 1. The summed E-state index contributed by atoms with van der Waals surface area (Å²) in [5.74, 6) is 1.88. The maximum atomic E-state index is 12.3. The van der Waals surface area contributed by atoms with Gasteiger partial charge < -0.3 is 9.80 Å². The van der Waals surface area contributed by atoms with Gasteiger partial charge in [-0.05, 0) is 30.9 Å². The lowest BCUT2D eigenvalue weighted by atomic mass is 10.0. The number of carbonyl (C=O) groups is 1. The maximum absolute atomic E-state index is 12.3. The quantitative estimate of drug-likeness (QED) is 0.847. The van der Waals surface area contributed by atoms with Gasteiger partial charge in [0.15, 0.2) is 0 Å². The minimum Gasteiger partial charge on any atom is -0.353 e. The van der Waals surface area contributed by atoms with Crippen molar-refractivity contribution in [2.45, 2.75) is 19.3 Å². The smallest absolute Gasteiger partial charge is 0.222 e. The Morgan fingerprint density at radius 3 is 2.61 bits per heavy atom. The molecule has 0 spiro atoms. The van der Waals surface area contributed by atoms with Crippen LogP contribution in [-0.4, -0.2) is 55.1 Å². The van der Waals surface area contributed by atoms with Crippen LogP contribution >= 0.6 is 11.6 Å². The Kier molecular flexibility index (Phi) is 5.70. The van der Waals surface area contributed by atoms with Crippen molar-refractivity contribution in [3.8, 4) is 0 Å². The number of amides is 1. The van der Waals surface area contributed by atoms with Crippen LogP contribution in [0.5, 0.6) is 0 Å². The molecule has 0 bridgehead atoms. The molecule has 2 aliphatic rings. The molecule has 6 nitrogen and oxygen atoms in total. The molecule has 0 aromatic carbocycles. The van der Waals surface area contributed by atoms with E-state index in [4.69, 9.17) is 11.6 Å². The Bertz CT molecular complexity index is 510. The fourth-order valence-corrected chi connectivity index (χ4v) is 3.26. The van der Waals surface area contributed by atoms with E-state index in [0.29, 0.717) is 17.4 Å². The minimum absolute atomic E-state index is 0.285. The molecule has 2 saturated heterocycles. The van der Waals surface area contributed by atoms with Crippen LogP contribution in [0.3, 0.4) is 0 Å². The van der Waals surface area contributed by atoms with Crippen LogP contribution in [0.1, 0.15) is 19.3 Å². The molecule has 126 valence electrons. The summed E-state index contributed by atoms with van der Waals surface area (Å²) in [4.78, 5) is 20.8. The highest BCUT2D eigenvalue weighted by Gasteiger charge is 2.22. The van der Waals surface area contributed by atoms with Crippen molar-refractivity contribution in [1.82, 2.24) is 20.7 Å². The molecule has 0 aliphatic carbocycles. The van der Waals surface area contributed by atoms with Crippen molar-refractivity contribution in [3.63, 3.8) is 0 Å². The van der Waals surface area contributed by atoms with Gasteiger partial charge in [-0.1, -0.05) is 11.6 Å². The summed E-state index contributed by atoms with van der Waals surface area (Å²) in [5.41, 5.74) is 6.27. The Morgan fingerprint density at radius 1 is 1.22 bits per heavy atom. The van der Waals surface area contributed by atoms with Crippen molar-refractivity contribution in [2.75, 3.05) is 44.2 Å². The third-order valence-electron chi connectivity index (χ3n) is 4.58. The van der Waals surface area contributed by atoms with Gasteiger partial charge in [-0.2, -0.15) is 0 Å². The average Bonchev–Trinajstić information content (AvgIpc) is 3.09. The molecule has 7 heteroatoms. The number of hydrogen-bond donors (Lipinski definition) is 2. The summed E-state index contributed by atoms with van der Waals surface area (Å²) in [7, 11) is 0. The Hall–Kier alpha value is -1.37. The van der Waals surface area contributed by atoms with Crippen LogP contribution in [0, 0.1) is 5.92 Å². The summed E-state index contributed by atoms with van der Waals surface area (Å²) >= 11 is 5.87. The van der Waals surface area contributed by atoms with Gasteiger partial charge >= 0.3 is 0 Å². The average molecular weight is 338 g/mol. The molecular formula is C16H24ClN5O. The molecule has 0 unspecified atom stereocenters. The van der Waals surface area contributed by atoms with Gasteiger partial charge in [0.2, 0.25) is 5.91 Å². The zero-order valence-electron chi connectivity index (χ0n) is 13.3. The topological polar surface area (TPSA) is 60.5 Å². The van der Waals surface area contributed by atoms with Crippen LogP contribution in [0.4, 0.5) is 5.82 Å². The highest BCUT2D eigenvalue weighted by Crippen LogP contribution is 2.17. The predicted octanol–water partition coefficient (Wildman–Crippen LogP) is 1.28. The van der Waals surface area contributed by atoms with Gasteiger partial charge in [-0.25, -0.2) is 4.98 Å². The molecule has 0 saturated carbocycles. The van der Waals surface area contributed by atoms with Crippen molar-refractivity contribution in [3.05, 3.63) is 23.4 Å². The van der Waals surface area contributed by atoms with E-state index < -0.39 is 0 Å². The number of anilines is 1. The molecule has 2 N–H and O–H groups in total. The molecule has 3 rings (SSSR count).